The first-order chi connectivity index (χ1) is 9.56. The molecule has 0 aromatic carbocycles. The van der Waals surface area contributed by atoms with E-state index < -0.39 is 5.97 Å². The highest BCUT2D eigenvalue weighted by atomic mass is 16.4. The Bertz CT molecular complexity index is 231. The molecule has 0 saturated heterocycles. The van der Waals surface area contributed by atoms with E-state index in [1.807, 2.05) is 6.92 Å². The Morgan fingerprint density at radius 2 is 1.30 bits per heavy atom. The highest BCUT2D eigenvalue weighted by molar-refractivity contribution is 5.66. The van der Waals surface area contributed by atoms with E-state index in [0.717, 1.165) is 57.8 Å². The summed E-state index contributed by atoms with van der Waals surface area (Å²) in [7, 11) is 0. The maximum absolute atomic E-state index is 10.3. The van der Waals surface area contributed by atoms with Crippen LogP contribution in [0.4, 0.5) is 0 Å². The Balaban J connectivity index is 3.21. The maximum Gasteiger partial charge on any atom is 0.303 e. The van der Waals surface area contributed by atoms with Crippen LogP contribution in [0.2, 0.25) is 0 Å². The van der Waals surface area contributed by atoms with Crippen LogP contribution in [-0.2, 0) is 4.79 Å². The van der Waals surface area contributed by atoms with Gasteiger partial charge in [-0.2, -0.15) is 0 Å². The summed E-state index contributed by atoms with van der Waals surface area (Å²) in [6.45, 7) is 1.95. The standard InChI is InChI=1S/C16H32O4/c1-2-14(17)12-13-15(18)10-8-6-4-3-5-7-9-11-16(19)20/h14-15,17-18H,2-13H2,1H3,(H,19,20). The topological polar surface area (TPSA) is 77.8 Å². The van der Waals surface area contributed by atoms with Crippen LogP contribution in [0.5, 0.6) is 0 Å². The van der Waals surface area contributed by atoms with Gasteiger partial charge >= 0.3 is 5.97 Å². The fourth-order valence-corrected chi connectivity index (χ4v) is 2.27. The lowest BCUT2D eigenvalue weighted by atomic mass is 10.0. The molecule has 0 aliphatic rings. The highest BCUT2D eigenvalue weighted by Crippen LogP contribution is 2.13. The van der Waals surface area contributed by atoms with Crippen molar-refractivity contribution in [3.05, 3.63) is 0 Å². The largest absolute Gasteiger partial charge is 0.481 e. The Morgan fingerprint density at radius 1 is 0.800 bits per heavy atom. The molecule has 0 aromatic rings. The van der Waals surface area contributed by atoms with E-state index in [0.29, 0.717) is 12.8 Å². The molecule has 0 aliphatic carbocycles. The van der Waals surface area contributed by atoms with Crippen LogP contribution in [0.3, 0.4) is 0 Å². The SMILES string of the molecule is CCC(O)CCC(O)CCCCCCCCCC(=O)O. The van der Waals surface area contributed by atoms with Crippen LogP contribution < -0.4 is 0 Å². The zero-order chi connectivity index (χ0) is 15.2. The lowest BCUT2D eigenvalue weighted by Gasteiger charge is -2.12. The normalized spacial score (nSPS) is 14.2. The van der Waals surface area contributed by atoms with Crippen molar-refractivity contribution in [2.45, 2.75) is 96.2 Å². The summed E-state index contributed by atoms with van der Waals surface area (Å²) in [5, 5.41) is 27.6. The van der Waals surface area contributed by atoms with Gasteiger partial charge in [-0.1, -0.05) is 45.4 Å². The maximum atomic E-state index is 10.3. The Kier molecular flexibility index (Phi) is 13.0. The Hall–Kier alpha value is -0.610. The number of carboxylic acid groups (broad SMARTS) is 1. The van der Waals surface area contributed by atoms with Gasteiger partial charge in [0.25, 0.3) is 0 Å². The first kappa shape index (κ1) is 19.4. The molecule has 0 amide bonds. The molecule has 0 radical (unpaired) electrons. The van der Waals surface area contributed by atoms with Gasteiger partial charge in [0, 0.05) is 6.42 Å². The van der Waals surface area contributed by atoms with Gasteiger partial charge in [-0.15, -0.1) is 0 Å². The van der Waals surface area contributed by atoms with E-state index in [9.17, 15) is 15.0 Å². The molecule has 0 saturated carbocycles. The number of aliphatic hydroxyl groups is 2. The first-order valence-electron chi connectivity index (χ1n) is 8.14. The number of carboxylic acids is 1. The van der Waals surface area contributed by atoms with Gasteiger partial charge in [0.1, 0.15) is 0 Å². The molecule has 0 spiro atoms. The molecule has 2 atom stereocenters. The van der Waals surface area contributed by atoms with Gasteiger partial charge in [0.15, 0.2) is 0 Å². The predicted molar refractivity (Wildman–Crippen MR) is 80.7 cm³/mol. The minimum atomic E-state index is -0.702. The monoisotopic (exact) mass is 288 g/mol. The third kappa shape index (κ3) is 13.8. The van der Waals surface area contributed by atoms with Crippen LogP contribution in [0.15, 0.2) is 0 Å². The van der Waals surface area contributed by atoms with Crippen molar-refractivity contribution in [3.63, 3.8) is 0 Å². The molecule has 120 valence electrons. The number of aliphatic hydroxyl groups excluding tert-OH is 2. The Labute approximate surface area is 123 Å². The van der Waals surface area contributed by atoms with Crippen molar-refractivity contribution in [1.82, 2.24) is 0 Å². The summed E-state index contributed by atoms with van der Waals surface area (Å²) in [4.78, 5) is 10.3. The van der Waals surface area contributed by atoms with Gasteiger partial charge in [-0.05, 0) is 32.1 Å². The van der Waals surface area contributed by atoms with Crippen LogP contribution in [0.1, 0.15) is 84.0 Å². The fourth-order valence-electron chi connectivity index (χ4n) is 2.27. The number of hydrogen-bond acceptors (Lipinski definition) is 3. The fraction of sp³-hybridized carbons (Fsp3) is 0.938. The van der Waals surface area contributed by atoms with Gasteiger partial charge < -0.3 is 15.3 Å². The second-order valence-electron chi connectivity index (χ2n) is 5.70. The van der Waals surface area contributed by atoms with Gasteiger partial charge in [-0.25, -0.2) is 0 Å². The van der Waals surface area contributed by atoms with Crippen LogP contribution >= 0.6 is 0 Å². The minimum absolute atomic E-state index is 0.268. The van der Waals surface area contributed by atoms with Crippen LogP contribution in [0, 0.1) is 0 Å². The second kappa shape index (κ2) is 13.4. The number of hydrogen-bond donors (Lipinski definition) is 3. The van der Waals surface area contributed by atoms with Crippen molar-refractivity contribution >= 4 is 5.97 Å². The molecule has 0 fully saturated rings. The Morgan fingerprint density at radius 3 is 1.85 bits per heavy atom. The van der Waals surface area contributed by atoms with Crippen LogP contribution in [-0.4, -0.2) is 33.5 Å². The van der Waals surface area contributed by atoms with Gasteiger partial charge in [0.2, 0.25) is 0 Å². The second-order valence-corrected chi connectivity index (χ2v) is 5.70. The lowest BCUT2D eigenvalue weighted by Crippen LogP contribution is -2.12. The van der Waals surface area contributed by atoms with Crippen molar-refractivity contribution in [1.29, 1.82) is 0 Å². The molecule has 20 heavy (non-hydrogen) atoms. The summed E-state index contributed by atoms with van der Waals surface area (Å²) in [5.41, 5.74) is 0. The lowest BCUT2D eigenvalue weighted by molar-refractivity contribution is -0.137. The van der Waals surface area contributed by atoms with Crippen molar-refractivity contribution < 1.29 is 20.1 Å². The number of aliphatic carboxylic acids is 1. The molecule has 0 rings (SSSR count). The van der Waals surface area contributed by atoms with Gasteiger partial charge in [0.05, 0.1) is 12.2 Å². The summed E-state index contributed by atoms with van der Waals surface area (Å²) in [6, 6.07) is 0. The van der Waals surface area contributed by atoms with Crippen molar-refractivity contribution in [2.75, 3.05) is 0 Å². The van der Waals surface area contributed by atoms with Crippen LogP contribution in [0.25, 0.3) is 0 Å². The smallest absolute Gasteiger partial charge is 0.303 e. The van der Waals surface area contributed by atoms with E-state index in [2.05, 4.69) is 0 Å². The zero-order valence-corrected chi connectivity index (χ0v) is 12.9. The third-order valence-electron chi connectivity index (χ3n) is 3.73. The van der Waals surface area contributed by atoms with Gasteiger partial charge in [-0.3, -0.25) is 4.79 Å². The molecule has 2 unspecified atom stereocenters. The van der Waals surface area contributed by atoms with E-state index in [1.165, 1.54) is 0 Å². The van der Waals surface area contributed by atoms with Crippen molar-refractivity contribution in [2.24, 2.45) is 0 Å². The molecular formula is C16H32O4. The number of unbranched alkanes of at least 4 members (excludes halogenated alkanes) is 6. The molecule has 3 N–H and O–H groups in total. The summed E-state index contributed by atoms with van der Waals surface area (Å²) < 4.78 is 0. The summed E-state index contributed by atoms with van der Waals surface area (Å²) in [5.74, 6) is -0.702. The quantitative estimate of drug-likeness (QED) is 0.428. The minimum Gasteiger partial charge on any atom is -0.481 e. The summed E-state index contributed by atoms with van der Waals surface area (Å²) in [6.07, 6.45) is 10.1. The zero-order valence-electron chi connectivity index (χ0n) is 12.9. The molecule has 0 aromatic heterocycles. The average Bonchev–Trinajstić information content (AvgIpc) is 2.42. The van der Waals surface area contributed by atoms with E-state index in [4.69, 9.17) is 5.11 Å². The number of rotatable bonds is 14. The highest BCUT2D eigenvalue weighted by Gasteiger charge is 2.07. The third-order valence-corrected chi connectivity index (χ3v) is 3.73. The average molecular weight is 288 g/mol. The molecule has 0 bridgehead atoms. The van der Waals surface area contributed by atoms with Crippen molar-refractivity contribution in [3.8, 4) is 0 Å². The number of carbonyl (C=O) groups is 1. The van der Waals surface area contributed by atoms with E-state index >= 15 is 0 Å². The molecule has 4 heteroatoms. The molecule has 0 aliphatic heterocycles. The molecule has 0 heterocycles. The summed E-state index contributed by atoms with van der Waals surface area (Å²) >= 11 is 0. The molecular weight excluding hydrogens is 256 g/mol. The molecule has 4 nitrogen and oxygen atoms in total. The first-order valence-corrected chi connectivity index (χ1v) is 8.14. The van der Waals surface area contributed by atoms with E-state index in [-0.39, 0.29) is 18.6 Å². The van der Waals surface area contributed by atoms with E-state index in [1.54, 1.807) is 0 Å². The predicted octanol–water partition coefficient (Wildman–Crippen LogP) is 3.49.